The van der Waals surface area contributed by atoms with Crippen LogP contribution in [0.4, 0.5) is 19.2 Å². The van der Waals surface area contributed by atoms with E-state index >= 15 is 0 Å². The lowest BCUT2D eigenvalue weighted by Gasteiger charge is -2.32. The van der Waals surface area contributed by atoms with E-state index in [1.54, 1.807) is 12.1 Å². The number of sulfonamides is 1. The molecule has 1 fully saturated rings. The van der Waals surface area contributed by atoms with Gasteiger partial charge in [0, 0.05) is 31.7 Å². The molecule has 0 aliphatic carbocycles. The van der Waals surface area contributed by atoms with Gasteiger partial charge in [-0.2, -0.15) is 18.1 Å². The third kappa shape index (κ3) is 4.15. The summed E-state index contributed by atoms with van der Waals surface area (Å²) in [4.78, 5) is 5.46. The van der Waals surface area contributed by atoms with E-state index < -0.39 is 33.2 Å². The fourth-order valence-corrected chi connectivity index (χ4v) is 4.70. The van der Waals surface area contributed by atoms with Gasteiger partial charge in [0.1, 0.15) is 11.6 Å². The van der Waals surface area contributed by atoms with Crippen LogP contribution in [0.5, 0.6) is 5.75 Å². The summed E-state index contributed by atoms with van der Waals surface area (Å²) in [5, 5.41) is 3.38. The molecule has 1 saturated heterocycles. The van der Waals surface area contributed by atoms with Crippen LogP contribution in [0.25, 0.3) is 0 Å². The van der Waals surface area contributed by atoms with Crippen molar-refractivity contribution < 1.29 is 30.8 Å². The van der Waals surface area contributed by atoms with Crippen molar-refractivity contribution in [3.63, 3.8) is 0 Å². The van der Waals surface area contributed by atoms with E-state index in [2.05, 4.69) is 10.1 Å². The van der Waals surface area contributed by atoms with Crippen LogP contribution in [-0.4, -0.2) is 56.2 Å². The normalized spacial score (nSPS) is 15.7. The van der Waals surface area contributed by atoms with E-state index in [9.17, 15) is 21.6 Å². The zero-order valence-electron chi connectivity index (χ0n) is 16.9. The molecule has 12 heteroatoms. The summed E-state index contributed by atoms with van der Waals surface area (Å²) in [6, 6.07) is 9.66. The zero-order chi connectivity index (χ0) is 22.9. The van der Waals surface area contributed by atoms with Gasteiger partial charge in [0.05, 0.1) is 12.0 Å². The molecule has 0 atom stereocenters. The van der Waals surface area contributed by atoms with Gasteiger partial charge < -0.3 is 14.2 Å². The van der Waals surface area contributed by atoms with Crippen molar-refractivity contribution in [3.05, 3.63) is 65.7 Å². The summed E-state index contributed by atoms with van der Waals surface area (Å²) in [5.74, 6) is -4.53. The van der Waals surface area contributed by atoms with E-state index in [1.807, 2.05) is 0 Å². The number of ether oxygens (including phenoxy) is 1. The van der Waals surface area contributed by atoms with E-state index in [4.69, 9.17) is 9.26 Å². The molecule has 170 valence electrons. The highest BCUT2D eigenvalue weighted by Crippen LogP contribution is 2.34. The molecule has 32 heavy (non-hydrogen) atoms. The van der Waals surface area contributed by atoms with Crippen molar-refractivity contribution in [1.29, 1.82) is 0 Å². The summed E-state index contributed by atoms with van der Waals surface area (Å²) >= 11 is 0. The van der Waals surface area contributed by atoms with E-state index in [-0.39, 0.29) is 37.1 Å². The minimum absolute atomic E-state index is 0.112. The molecule has 0 bridgehead atoms. The average Bonchev–Trinajstić information content (AvgIpc) is 3.31. The first kappa shape index (κ1) is 22.1. The van der Waals surface area contributed by atoms with Crippen LogP contribution in [0.1, 0.15) is 11.4 Å². The summed E-state index contributed by atoms with van der Waals surface area (Å²) < 4.78 is 79.3. The van der Waals surface area contributed by atoms with E-state index in [1.165, 1.54) is 28.4 Å². The number of benzene rings is 2. The second kappa shape index (κ2) is 8.43. The van der Waals surface area contributed by atoms with E-state index in [0.29, 0.717) is 5.75 Å². The van der Waals surface area contributed by atoms with Crippen molar-refractivity contribution in [2.45, 2.75) is 10.8 Å². The Morgan fingerprint density at radius 1 is 1.00 bits per heavy atom. The van der Waals surface area contributed by atoms with Crippen molar-refractivity contribution in [2.24, 2.45) is 0 Å². The smallest absolute Gasteiger partial charge is 0.335 e. The van der Waals surface area contributed by atoms with Crippen LogP contribution >= 0.6 is 0 Å². The number of rotatable bonds is 6. The minimum Gasteiger partial charge on any atom is -0.497 e. The van der Waals surface area contributed by atoms with Crippen molar-refractivity contribution in [3.8, 4) is 5.75 Å². The molecular weight excluding hydrogens is 449 g/mol. The number of hydrogen-bond donors (Lipinski definition) is 0. The average molecular weight is 468 g/mol. The Morgan fingerprint density at radius 3 is 2.22 bits per heavy atom. The summed E-state index contributed by atoms with van der Waals surface area (Å²) in [6.45, 7) is 0.582. The number of anilines is 1. The second-order valence-corrected chi connectivity index (χ2v) is 8.99. The first-order chi connectivity index (χ1) is 15.2. The highest BCUT2D eigenvalue weighted by molar-refractivity contribution is 7.89. The third-order valence-electron chi connectivity index (χ3n) is 5.11. The van der Waals surface area contributed by atoms with Gasteiger partial charge in [-0.1, -0.05) is 5.16 Å². The predicted octanol–water partition coefficient (Wildman–Crippen LogP) is 2.87. The lowest BCUT2D eigenvalue weighted by atomic mass is 10.1. The standard InChI is InChI=1S/C20H19F3N4O4S/c1-30-16-6-8-17(9-7-16)32(28,29)27-12-10-26(11-13-27)19-24-18(25-31-19)20(22,23)14-2-4-15(21)5-3-14/h2-9H,10-13H2,1H3. The molecule has 3 aromatic rings. The molecular formula is C20H19F3N4O4S. The molecule has 2 aromatic carbocycles. The topological polar surface area (TPSA) is 88.8 Å². The maximum Gasteiger partial charge on any atom is 0.335 e. The number of alkyl halides is 2. The monoisotopic (exact) mass is 468 g/mol. The summed E-state index contributed by atoms with van der Waals surface area (Å²) in [5.41, 5.74) is -0.471. The first-order valence-electron chi connectivity index (χ1n) is 9.59. The van der Waals surface area contributed by atoms with Crippen LogP contribution in [0.3, 0.4) is 0 Å². The highest BCUT2D eigenvalue weighted by atomic mass is 32.2. The Bertz CT molecular complexity index is 1180. The van der Waals surface area contributed by atoms with Crippen molar-refractivity contribution in [2.75, 3.05) is 38.2 Å². The lowest BCUT2D eigenvalue weighted by Crippen LogP contribution is -2.48. The second-order valence-electron chi connectivity index (χ2n) is 7.05. The maximum absolute atomic E-state index is 14.6. The number of aromatic nitrogens is 2. The van der Waals surface area contributed by atoms with Gasteiger partial charge in [-0.25, -0.2) is 12.8 Å². The maximum atomic E-state index is 14.6. The van der Waals surface area contributed by atoms with Gasteiger partial charge in [0.25, 0.3) is 0 Å². The summed E-state index contributed by atoms with van der Waals surface area (Å²) in [7, 11) is -2.23. The Kier molecular flexibility index (Phi) is 5.82. The van der Waals surface area contributed by atoms with Gasteiger partial charge in [-0.05, 0) is 48.5 Å². The SMILES string of the molecule is COc1ccc(S(=O)(=O)N2CCN(c3nc(C(F)(F)c4ccc(F)cc4)no3)CC2)cc1. The first-order valence-corrected chi connectivity index (χ1v) is 11.0. The Labute approximate surface area is 182 Å². The minimum atomic E-state index is -3.72. The Balaban J connectivity index is 1.44. The number of methoxy groups -OCH3 is 1. The quantitative estimate of drug-likeness (QED) is 0.550. The number of hydrogen-bond acceptors (Lipinski definition) is 7. The molecule has 0 radical (unpaired) electrons. The molecule has 0 saturated carbocycles. The van der Waals surface area contributed by atoms with Gasteiger partial charge in [0.15, 0.2) is 0 Å². The Morgan fingerprint density at radius 2 is 1.62 bits per heavy atom. The van der Waals surface area contributed by atoms with Crippen LogP contribution in [0.2, 0.25) is 0 Å². The fraction of sp³-hybridized carbons (Fsp3) is 0.300. The fourth-order valence-electron chi connectivity index (χ4n) is 3.28. The number of nitrogens with zero attached hydrogens (tertiary/aromatic N) is 4. The van der Waals surface area contributed by atoms with Crippen molar-refractivity contribution >= 4 is 16.0 Å². The summed E-state index contributed by atoms with van der Waals surface area (Å²) in [6.07, 6.45) is 0. The van der Waals surface area contributed by atoms with Gasteiger partial charge in [-0.15, -0.1) is 0 Å². The van der Waals surface area contributed by atoms with Crippen LogP contribution in [0, 0.1) is 5.82 Å². The molecule has 1 aliphatic rings. The van der Waals surface area contributed by atoms with Gasteiger partial charge in [-0.3, -0.25) is 0 Å². The molecule has 0 spiro atoms. The number of halogens is 3. The highest BCUT2D eigenvalue weighted by Gasteiger charge is 2.40. The van der Waals surface area contributed by atoms with Gasteiger partial charge in [0.2, 0.25) is 15.8 Å². The molecule has 0 unspecified atom stereocenters. The molecule has 4 rings (SSSR count). The van der Waals surface area contributed by atoms with Crippen LogP contribution in [-0.2, 0) is 15.9 Å². The predicted molar refractivity (Wildman–Crippen MR) is 108 cm³/mol. The lowest BCUT2D eigenvalue weighted by molar-refractivity contribution is 0.0304. The molecule has 8 nitrogen and oxygen atoms in total. The molecule has 0 amide bonds. The largest absolute Gasteiger partial charge is 0.497 e. The molecule has 0 N–H and O–H groups in total. The zero-order valence-corrected chi connectivity index (χ0v) is 17.7. The van der Waals surface area contributed by atoms with E-state index in [0.717, 1.165) is 24.3 Å². The molecule has 2 heterocycles. The number of piperazine rings is 1. The van der Waals surface area contributed by atoms with Gasteiger partial charge >= 0.3 is 11.9 Å². The molecule has 1 aliphatic heterocycles. The van der Waals surface area contributed by atoms with Crippen LogP contribution in [0.15, 0.2) is 57.9 Å². The Hall–Kier alpha value is -3.12. The molecule has 1 aromatic heterocycles. The van der Waals surface area contributed by atoms with Crippen LogP contribution < -0.4 is 9.64 Å². The van der Waals surface area contributed by atoms with Crippen molar-refractivity contribution in [1.82, 2.24) is 14.4 Å². The third-order valence-corrected chi connectivity index (χ3v) is 7.02.